The molecule has 0 spiro atoms. The van der Waals surface area contributed by atoms with Crippen molar-refractivity contribution >= 4 is 40.8 Å². The largest absolute Gasteiger partial charge is 0.481 e. The van der Waals surface area contributed by atoms with Gasteiger partial charge in [0.05, 0.1) is 17.6 Å². The molecule has 2 N–H and O–H groups in total. The van der Waals surface area contributed by atoms with Crippen LogP contribution in [0.4, 0.5) is 0 Å². The number of hydrogen-bond acceptors (Lipinski definition) is 6. The summed E-state index contributed by atoms with van der Waals surface area (Å²) in [5.41, 5.74) is 2.12. The second kappa shape index (κ2) is 9.09. The lowest BCUT2D eigenvalue weighted by Gasteiger charge is -2.09. The molecule has 7 nitrogen and oxygen atoms in total. The highest BCUT2D eigenvalue weighted by atomic mass is 32.2. The molecule has 0 aliphatic rings. The molecule has 28 heavy (non-hydrogen) atoms. The summed E-state index contributed by atoms with van der Waals surface area (Å²) < 4.78 is 10.3. The number of aromatic amines is 1. The third-order valence-electron chi connectivity index (χ3n) is 3.64. The quantitative estimate of drug-likeness (QED) is 0.339. The van der Waals surface area contributed by atoms with Crippen LogP contribution >= 0.6 is 11.8 Å². The zero-order chi connectivity index (χ0) is 19.9. The minimum atomic E-state index is -1.09. The Balaban J connectivity index is 1.84. The number of nitrogens with zero attached hydrogens (tertiary/aromatic N) is 1. The van der Waals surface area contributed by atoms with Crippen LogP contribution in [0.2, 0.25) is 0 Å². The first-order chi connectivity index (χ1) is 13.6. The molecule has 0 amide bonds. The van der Waals surface area contributed by atoms with E-state index in [0.29, 0.717) is 16.5 Å². The Morgan fingerprint density at radius 2 is 1.93 bits per heavy atom. The molecule has 1 heterocycles. The van der Waals surface area contributed by atoms with Crippen molar-refractivity contribution in [2.75, 3.05) is 13.2 Å². The van der Waals surface area contributed by atoms with Crippen LogP contribution in [-0.4, -0.2) is 40.2 Å². The molecule has 1 aromatic heterocycles. The number of carbonyl (C=O) groups is 2. The van der Waals surface area contributed by atoms with Gasteiger partial charge in [-0.1, -0.05) is 30.3 Å². The molecule has 0 saturated heterocycles. The number of para-hydroxylation sites is 3. The first-order valence-corrected chi connectivity index (χ1v) is 9.33. The molecule has 0 radical (unpaired) electrons. The lowest BCUT2D eigenvalue weighted by molar-refractivity contribution is -0.145. The Morgan fingerprint density at radius 3 is 2.68 bits per heavy atom. The third-order valence-corrected chi connectivity index (χ3v) is 4.54. The predicted octanol–water partition coefficient (Wildman–Crippen LogP) is 3.72. The SMILES string of the molecule is CCOC(=O)COc1ccccc1/C=C(\Sc1nc2ccccc2[nH]1)C(=O)O. The van der Waals surface area contributed by atoms with Crippen LogP contribution in [0.5, 0.6) is 5.75 Å². The minimum absolute atomic E-state index is 0.0613. The standard InChI is InChI=1S/C20H18N2O5S/c1-2-26-18(23)12-27-16-10-6-3-7-13(16)11-17(19(24)25)28-20-21-14-8-4-5-9-15(14)22-20/h3-11H,2,12H2,1H3,(H,21,22)(H,24,25)/b17-11-. The van der Waals surface area contributed by atoms with Gasteiger partial charge in [0.1, 0.15) is 10.7 Å². The van der Waals surface area contributed by atoms with Crippen LogP contribution in [0.1, 0.15) is 12.5 Å². The number of H-pyrrole nitrogens is 1. The molecule has 0 saturated carbocycles. The molecule has 0 unspecified atom stereocenters. The lowest BCUT2D eigenvalue weighted by Crippen LogP contribution is -2.14. The van der Waals surface area contributed by atoms with Crippen molar-refractivity contribution in [3.63, 3.8) is 0 Å². The number of rotatable bonds is 8. The molecule has 0 aliphatic heterocycles. The van der Waals surface area contributed by atoms with Crippen LogP contribution in [0.3, 0.4) is 0 Å². The zero-order valence-corrected chi connectivity index (χ0v) is 15.9. The molecule has 0 atom stereocenters. The number of fused-ring (bicyclic) bond motifs is 1. The Kier molecular flexibility index (Phi) is 6.33. The number of thioether (sulfide) groups is 1. The predicted molar refractivity (Wildman–Crippen MR) is 106 cm³/mol. The van der Waals surface area contributed by atoms with E-state index in [4.69, 9.17) is 9.47 Å². The van der Waals surface area contributed by atoms with Gasteiger partial charge in [0.15, 0.2) is 11.8 Å². The Morgan fingerprint density at radius 1 is 1.18 bits per heavy atom. The summed E-state index contributed by atoms with van der Waals surface area (Å²) in [7, 11) is 0. The lowest BCUT2D eigenvalue weighted by atomic mass is 10.2. The fraction of sp³-hybridized carbons (Fsp3) is 0.150. The van der Waals surface area contributed by atoms with E-state index < -0.39 is 11.9 Å². The van der Waals surface area contributed by atoms with Crippen molar-refractivity contribution in [2.45, 2.75) is 12.1 Å². The van der Waals surface area contributed by atoms with Crippen LogP contribution in [0.15, 0.2) is 58.6 Å². The van der Waals surface area contributed by atoms with Gasteiger partial charge < -0.3 is 19.6 Å². The van der Waals surface area contributed by atoms with Gasteiger partial charge >= 0.3 is 11.9 Å². The van der Waals surface area contributed by atoms with Crippen molar-refractivity contribution in [1.29, 1.82) is 0 Å². The number of imidazole rings is 1. The molecular formula is C20H18N2O5S. The van der Waals surface area contributed by atoms with E-state index in [-0.39, 0.29) is 18.1 Å². The van der Waals surface area contributed by atoms with E-state index in [1.807, 2.05) is 24.3 Å². The molecule has 144 valence electrons. The number of carbonyl (C=O) groups excluding carboxylic acids is 1. The number of aliphatic carboxylic acids is 1. The molecular weight excluding hydrogens is 380 g/mol. The van der Waals surface area contributed by atoms with E-state index in [1.54, 1.807) is 31.2 Å². The van der Waals surface area contributed by atoms with E-state index >= 15 is 0 Å². The third kappa shape index (κ3) is 4.92. The number of esters is 1. The summed E-state index contributed by atoms with van der Waals surface area (Å²) in [5.74, 6) is -1.19. The van der Waals surface area contributed by atoms with Crippen LogP contribution in [-0.2, 0) is 14.3 Å². The van der Waals surface area contributed by atoms with Crippen LogP contribution in [0.25, 0.3) is 17.1 Å². The van der Waals surface area contributed by atoms with Gasteiger partial charge in [-0.2, -0.15) is 0 Å². The van der Waals surface area contributed by atoms with Gasteiger partial charge in [-0.05, 0) is 43.0 Å². The van der Waals surface area contributed by atoms with Gasteiger partial charge in [0.2, 0.25) is 0 Å². The summed E-state index contributed by atoms with van der Waals surface area (Å²) in [6, 6.07) is 14.3. The molecule has 0 fully saturated rings. The fourth-order valence-electron chi connectivity index (χ4n) is 2.43. The van der Waals surface area contributed by atoms with E-state index in [9.17, 15) is 14.7 Å². The van der Waals surface area contributed by atoms with Gasteiger partial charge in [0.25, 0.3) is 0 Å². The van der Waals surface area contributed by atoms with E-state index in [0.717, 1.165) is 22.8 Å². The van der Waals surface area contributed by atoms with Gasteiger partial charge in [0, 0.05) is 5.56 Å². The van der Waals surface area contributed by atoms with Crippen molar-refractivity contribution in [3.8, 4) is 5.75 Å². The Hall–Kier alpha value is -3.26. The highest BCUT2D eigenvalue weighted by molar-refractivity contribution is 8.04. The van der Waals surface area contributed by atoms with Crippen molar-refractivity contribution in [1.82, 2.24) is 9.97 Å². The van der Waals surface area contributed by atoms with E-state index in [2.05, 4.69) is 9.97 Å². The maximum Gasteiger partial charge on any atom is 0.344 e. The van der Waals surface area contributed by atoms with Crippen LogP contribution < -0.4 is 4.74 Å². The summed E-state index contributed by atoms with van der Waals surface area (Å²) >= 11 is 1.01. The molecule has 8 heteroatoms. The Labute approximate surface area is 165 Å². The van der Waals surface area contributed by atoms with Crippen LogP contribution in [0, 0.1) is 0 Å². The maximum absolute atomic E-state index is 11.7. The monoisotopic (exact) mass is 398 g/mol. The topological polar surface area (TPSA) is 102 Å². The van der Waals surface area contributed by atoms with Crippen molar-refractivity contribution in [2.24, 2.45) is 0 Å². The average molecular weight is 398 g/mol. The second-order valence-electron chi connectivity index (χ2n) is 5.61. The normalized spacial score (nSPS) is 11.4. The molecule has 0 aliphatic carbocycles. The molecule has 2 aromatic carbocycles. The molecule has 3 aromatic rings. The average Bonchev–Trinajstić information content (AvgIpc) is 3.09. The highest BCUT2D eigenvalue weighted by Gasteiger charge is 2.15. The van der Waals surface area contributed by atoms with Crippen molar-refractivity contribution in [3.05, 3.63) is 59.0 Å². The van der Waals surface area contributed by atoms with Gasteiger partial charge in [-0.15, -0.1) is 0 Å². The summed E-state index contributed by atoms with van der Waals surface area (Å²) in [6.07, 6.45) is 1.49. The number of aromatic nitrogens is 2. The first-order valence-electron chi connectivity index (χ1n) is 8.52. The number of benzene rings is 2. The van der Waals surface area contributed by atoms with Gasteiger partial charge in [-0.3, -0.25) is 0 Å². The molecule has 3 rings (SSSR count). The second-order valence-corrected chi connectivity index (χ2v) is 6.64. The Bertz CT molecular complexity index is 995. The highest BCUT2D eigenvalue weighted by Crippen LogP contribution is 2.30. The minimum Gasteiger partial charge on any atom is -0.481 e. The summed E-state index contributed by atoms with van der Waals surface area (Å²) in [5, 5.41) is 10.1. The number of ether oxygens (including phenoxy) is 2. The number of nitrogens with one attached hydrogen (secondary N) is 1. The smallest absolute Gasteiger partial charge is 0.344 e. The van der Waals surface area contributed by atoms with Gasteiger partial charge in [-0.25, -0.2) is 14.6 Å². The summed E-state index contributed by atoms with van der Waals surface area (Å²) in [6.45, 7) is 1.72. The zero-order valence-electron chi connectivity index (χ0n) is 15.0. The van der Waals surface area contributed by atoms with Crippen molar-refractivity contribution < 1.29 is 24.2 Å². The first kappa shape index (κ1) is 19.5. The number of hydrogen-bond donors (Lipinski definition) is 2. The number of carboxylic acids is 1. The fourth-order valence-corrected chi connectivity index (χ4v) is 3.22. The molecule has 0 bridgehead atoms. The number of carboxylic acid groups (broad SMARTS) is 1. The summed E-state index contributed by atoms with van der Waals surface area (Å²) in [4.78, 5) is 30.8. The van der Waals surface area contributed by atoms with E-state index in [1.165, 1.54) is 6.08 Å². The maximum atomic E-state index is 11.7.